The quantitative estimate of drug-likeness (QED) is 0.706. The van der Waals surface area contributed by atoms with Crippen LogP contribution < -0.4 is 0 Å². The number of esters is 1. The number of rotatable bonds is 0. The van der Waals surface area contributed by atoms with E-state index in [4.69, 9.17) is 9.84 Å². The van der Waals surface area contributed by atoms with E-state index in [0.717, 1.165) is 5.56 Å². The van der Waals surface area contributed by atoms with Crippen molar-refractivity contribution in [1.29, 1.82) is 0 Å². The zero-order chi connectivity index (χ0) is 12.8. The predicted octanol–water partition coefficient (Wildman–Crippen LogP) is 1.52. The molecular weight excluding hydrogens is 234 g/mol. The monoisotopic (exact) mass is 247 g/mol. The topological polar surface area (TPSA) is 66.8 Å². The molecule has 1 amide bonds. The number of amides is 1. The van der Waals surface area contributed by atoms with Gasteiger partial charge in [-0.1, -0.05) is 18.2 Å². The number of nitrogens with zero attached hydrogens (tertiary/aromatic N) is 1. The summed E-state index contributed by atoms with van der Waals surface area (Å²) in [7, 11) is 0. The van der Waals surface area contributed by atoms with Gasteiger partial charge in [-0.2, -0.15) is 0 Å². The van der Waals surface area contributed by atoms with Crippen LogP contribution in [0.1, 0.15) is 22.3 Å². The lowest BCUT2D eigenvalue weighted by molar-refractivity contribution is -0.0189. The Bertz CT molecular complexity index is 527. The van der Waals surface area contributed by atoms with Gasteiger partial charge >= 0.3 is 12.1 Å². The Kier molecular flexibility index (Phi) is 2.29. The Morgan fingerprint density at radius 1 is 1.39 bits per heavy atom. The molecule has 1 aromatic rings. The van der Waals surface area contributed by atoms with Crippen LogP contribution in [0.2, 0.25) is 0 Å². The second-order valence-corrected chi connectivity index (χ2v) is 4.86. The molecule has 3 rings (SSSR count). The van der Waals surface area contributed by atoms with Crippen molar-refractivity contribution in [3.8, 4) is 0 Å². The van der Waals surface area contributed by atoms with E-state index in [9.17, 15) is 9.59 Å². The SMILES string of the molecule is O=C1OC2(CCN(C(=O)O)C2)Cc2ccccc21. The summed E-state index contributed by atoms with van der Waals surface area (Å²) in [4.78, 5) is 24.2. The van der Waals surface area contributed by atoms with E-state index in [2.05, 4.69) is 0 Å². The van der Waals surface area contributed by atoms with Gasteiger partial charge in [-0.25, -0.2) is 9.59 Å². The first-order valence-corrected chi connectivity index (χ1v) is 5.89. The van der Waals surface area contributed by atoms with Gasteiger partial charge in [0.15, 0.2) is 0 Å². The van der Waals surface area contributed by atoms with Gasteiger partial charge in [0.2, 0.25) is 0 Å². The normalized spacial score (nSPS) is 26.0. The Balaban J connectivity index is 1.91. The molecule has 0 bridgehead atoms. The molecule has 1 aromatic carbocycles. The minimum atomic E-state index is -0.957. The zero-order valence-electron chi connectivity index (χ0n) is 9.76. The number of carbonyl (C=O) groups excluding carboxylic acids is 1. The first-order chi connectivity index (χ1) is 8.60. The molecular formula is C13H13NO4. The molecule has 1 unspecified atom stereocenters. The number of carbonyl (C=O) groups is 2. The summed E-state index contributed by atoms with van der Waals surface area (Å²) in [5.41, 5.74) is 0.877. The average Bonchev–Trinajstić information content (AvgIpc) is 2.73. The lowest BCUT2D eigenvalue weighted by Gasteiger charge is -2.33. The maximum absolute atomic E-state index is 11.9. The highest BCUT2D eigenvalue weighted by atomic mass is 16.6. The first kappa shape index (κ1) is 11.1. The standard InChI is InChI=1S/C13H13NO4/c15-11-10-4-2-1-3-9(10)7-13(18-11)5-6-14(8-13)12(16)17/h1-4H,5-8H2,(H,16,17). The van der Waals surface area contributed by atoms with Gasteiger partial charge in [0, 0.05) is 19.4 Å². The number of hydrogen-bond acceptors (Lipinski definition) is 3. The van der Waals surface area contributed by atoms with Gasteiger partial charge in [0.1, 0.15) is 5.60 Å². The minimum absolute atomic E-state index is 0.266. The molecule has 1 saturated heterocycles. The van der Waals surface area contributed by atoms with E-state index < -0.39 is 11.7 Å². The molecule has 2 aliphatic rings. The second-order valence-electron chi connectivity index (χ2n) is 4.86. The van der Waals surface area contributed by atoms with Crippen LogP contribution in [-0.4, -0.2) is 40.8 Å². The molecule has 1 N–H and O–H groups in total. The van der Waals surface area contributed by atoms with Crippen LogP contribution in [0.15, 0.2) is 24.3 Å². The Morgan fingerprint density at radius 3 is 2.89 bits per heavy atom. The predicted molar refractivity (Wildman–Crippen MR) is 62.5 cm³/mol. The van der Waals surface area contributed by atoms with Crippen molar-refractivity contribution in [1.82, 2.24) is 4.90 Å². The summed E-state index contributed by atoms with van der Waals surface area (Å²) < 4.78 is 5.50. The second kappa shape index (κ2) is 3.73. The van der Waals surface area contributed by atoms with Gasteiger partial charge in [-0.05, 0) is 11.6 Å². The van der Waals surface area contributed by atoms with E-state index in [1.807, 2.05) is 12.1 Å². The fraction of sp³-hybridized carbons (Fsp3) is 0.385. The van der Waals surface area contributed by atoms with Crippen molar-refractivity contribution in [2.75, 3.05) is 13.1 Å². The maximum atomic E-state index is 11.9. The molecule has 5 nitrogen and oxygen atoms in total. The van der Waals surface area contributed by atoms with Gasteiger partial charge in [-0.15, -0.1) is 0 Å². The lowest BCUT2D eigenvalue weighted by Crippen LogP contribution is -2.44. The van der Waals surface area contributed by atoms with E-state index in [-0.39, 0.29) is 12.5 Å². The molecule has 18 heavy (non-hydrogen) atoms. The molecule has 1 spiro atoms. The molecule has 0 aromatic heterocycles. The fourth-order valence-corrected chi connectivity index (χ4v) is 2.74. The largest absolute Gasteiger partial charge is 0.465 e. The first-order valence-electron chi connectivity index (χ1n) is 5.89. The van der Waals surface area contributed by atoms with Crippen molar-refractivity contribution in [3.05, 3.63) is 35.4 Å². The molecule has 2 aliphatic heterocycles. The van der Waals surface area contributed by atoms with Crippen LogP contribution in [-0.2, 0) is 11.2 Å². The Hall–Kier alpha value is -2.04. The third-order valence-electron chi connectivity index (χ3n) is 3.65. The molecule has 1 atom stereocenters. The summed E-state index contributed by atoms with van der Waals surface area (Å²) in [5, 5.41) is 8.97. The molecule has 0 radical (unpaired) electrons. The summed E-state index contributed by atoms with van der Waals surface area (Å²) >= 11 is 0. The highest BCUT2D eigenvalue weighted by Gasteiger charge is 2.46. The van der Waals surface area contributed by atoms with E-state index in [1.54, 1.807) is 12.1 Å². The van der Waals surface area contributed by atoms with Crippen LogP contribution in [0, 0.1) is 0 Å². The number of carboxylic acid groups (broad SMARTS) is 1. The molecule has 1 fully saturated rings. The smallest absolute Gasteiger partial charge is 0.407 e. The minimum Gasteiger partial charge on any atom is -0.465 e. The maximum Gasteiger partial charge on any atom is 0.407 e. The summed E-state index contributed by atoms with van der Waals surface area (Å²) in [6.07, 6.45) is 0.208. The number of likely N-dealkylation sites (tertiary alicyclic amines) is 1. The number of hydrogen-bond donors (Lipinski definition) is 1. The van der Waals surface area contributed by atoms with Gasteiger partial charge < -0.3 is 14.7 Å². The van der Waals surface area contributed by atoms with Crippen LogP contribution >= 0.6 is 0 Å². The van der Waals surface area contributed by atoms with Crippen LogP contribution in [0.3, 0.4) is 0 Å². The van der Waals surface area contributed by atoms with Gasteiger partial charge in [-0.3, -0.25) is 0 Å². The van der Waals surface area contributed by atoms with E-state index in [0.29, 0.717) is 24.9 Å². The number of ether oxygens (including phenoxy) is 1. The third kappa shape index (κ3) is 1.63. The molecule has 2 heterocycles. The fourth-order valence-electron chi connectivity index (χ4n) is 2.74. The summed E-state index contributed by atoms with van der Waals surface area (Å²) in [6.45, 7) is 0.688. The highest BCUT2D eigenvalue weighted by molar-refractivity contribution is 5.92. The van der Waals surface area contributed by atoms with Crippen LogP contribution in [0.5, 0.6) is 0 Å². The molecule has 94 valence electrons. The van der Waals surface area contributed by atoms with Crippen molar-refractivity contribution in [3.63, 3.8) is 0 Å². The lowest BCUT2D eigenvalue weighted by atomic mass is 9.88. The van der Waals surface area contributed by atoms with Gasteiger partial charge in [0.25, 0.3) is 0 Å². The van der Waals surface area contributed by atoms with Crippen molar-refractivity contribution < 1.29 is 19.4 Å². The third-order valence-corrected chi connectivity index (χ3v) is 3.65. The van der Waals surface area contributed by atoms with Crippen LogP contribution in [0.4, 0.5) is 4.79 Å². The summed E-state index contributed by atoms with van der Waals surface area (Å²) in [6, 6.07) is 7.33. The molecule has 0 aliphatic carbocycles. The van der Waals surface area contributed by atoms with Crippen molar-refractivity contribution in [2.24, 2.45) is 0 Å². The van der Waals surface area contributed by atoms with Crippen molar-refractivity contribution in [2.45, 2.75) is 18.4 Å². The Labute approximate surface area is 104 Å². The van der Waals surface area contributed by atoms with Gasteiger partial charge in [0.05, 0.1) is 12.1 Å². The average molecular weight is 247 g/mol. The van der Waals surface area contributed by atoms with E-state index in [1.165, 1.54) is 4.90 Å². The molecule has 0 saturated carbocycles. The summed E-state index contributed by atoms with van der Waals surface area (Å²) in [5.74, 6) is -0.343. The van der Waals surface area contributed by atoms with E-state index >= 15 is 0 Å². The number of benzene rings is 1. The van der Waals surface area contributed by atoms with Crippen molar-refractivity contribution >= 4 is 12.1 Å². The number of fused-ring (bicyclic) bond motifs is 1. The zero-order valence-corrected chi connectivity index (χ0v) is 9.76. The highest BCUT2D eigenvalue weighted by Crippen LogP contribution is 2.35. The Morgan fingerprint density at radius 2 is 2.17 bits per heavy atom. The van der Waals surface area contributed by atoms with Crippen LogP contribution in [0.25, 0.3) is 0 Å². The molecule has 5 heteroatoms.